The number of benzene rings is 1. The zero-order valence-electron chi connectivity index (χ0n) is 12.6. The molecule has 2 aromatic rings. The molecule has 0 spiro atoms. The van der Waals surface area contributed by atoms with Gasteiger partial charge < -0.3 is 5.32 Å². The molecule has 0 radical (unpaired) electrons. The average Bonchev–Trinajstić information content (AvgIpc) is 2.96. The van der Waals surface area contributed by atoms with E-state index in [1.165, 1.54) is 17.3 Å². The zero-order chi connectivity index (χ0) is 15.8. The molecule has 0 fully saturated rings. The van der Waals surface area contributed by atoms with Crippen LogP contribution in [0.5, 0.6) is 0 Å². The highest BCUT2D eigenvalue weighted by molar-refractivity contribution is 8.03. The Morgan fingerprint density at radius 2 is 2.00 bits per heavy atom. The lowest BCUT2D eigenvalue weighted by atomic mass is 10.1. The molecule has 118 valence electrons. The van der Waals surface area contributed by atoms with E-state index >= 15 is 0 Å². The number of carbonyl (C=O) groups excluding carboxylic acids is 1. The van der Waals surface area contributed by atoms with Crippen LogP contribution in [0.3, 0.4) is 0 Å². The second-order valence-electron chi connectivity index (χ2n) is 4.55. The molecule has 1 aromatic heterocycles. The molecular weight excluding hydrogens is 334 g/mol. The predicted octanol–water partition coefficient (Wildman–Crippen LogP) is 3.49. The van der Waals surface area contributed by atoms with Gasteiger partial charge in [0, 0.05) is 6.54 Å². The number of rotatable bonds is 8. The van der Waals surface area contributed by atoms with Crippen molar-refractivity contribution in [1.29, 1.82) is 0 Å². The molecule has 1 atom stereocenters. The van der Waals surface area contributed by atoms with Crippen molar-refractivity contribution < 1.29 is 4.79 Å². The molecule has 4 nitrogen and oxygen atoms in total. The smallest absolute Gasteiger partial charge is 0.233 e. The van der Waals surface area contributed by atoms with Crippen LogP contribution in [-0.2, 0) is 11.2 Å². The van der Waals surface area contributed by atoms with Gasteiger partial charge in [-0.25, -0.2) is 0 Å². The lowest BCUT2D eigenvalue weighted by molar-refractivity contribution is -0.120. The molecule has 1 N–H and O–H groups in total. The van der Waals surface area contributed by atoms with Crippen molar-refractivity contribution in [3.05, 3.63) is 35.9 Å². The van der Waals surface area contributed by atoms with Gasteiger partial charge in [0.2, 0.25) is 5.91 Å². The van der Waals surface area contributed by atoms with E-state index in [1.54, 1.807) is 23.1 Å². The van der Waals surface area contributed by atoms with Gasteiger partial charge in [-0.15, -0.1) is 10.2 Å². The Balaban J connectivity index is 1.74. The van der Waals surface area contributed by atoms with Crippen LogP contribution in [0, 0.1) is 0 Å². The number of thioether (sulfide) groups is 2. The molecule has 0 aliphatic rings. The first kappa shape index (κ1) is 17.3. The van der Waals surface area contributed by atoms with Gasteiger partial charge in [-0.3, -0.25) is 4.79 Å². The first-order chi connectivity index (χ1) is 10.7. The van der Waals surface area contributed by atoms with Crippen LogP contribution in [0.15, 0.2) is 39.0 Å². The maximum absolute atomic E-state index is 12.1. The second-order valence-corrected chi connectivity index (χ2v) is 8.63. The van der Waals surface area contributed by atoms with E-state index in [4.69, 9.17) is 0 Å². The SMILES string of the molecule is CCSc1nnc(S[C@H](C)C(=O)NCCc2ccccc2)s1. The highest BCUT2D eigenvalue weighted by Gasteiger charge is 2.16. The van der Waals surface area contributed by atoms with E-state index < -0.39 is 0 Å². The van der Waals surface area contributed by atoms with Crippen LogP contribution < -0.4 is 5.32 Å². The van der Waals surface area contributed by atoms with Crippen LogP contribution in [-0.4, -0.2) is 33.7 Å². The van der Waals surface area contributed by atoms with Gasteiger partial charge in [-0.1, -0.05) is 72.1 Å². The summed E-state index contributed by atoms with van der Waals surface area (Å²) in [5, 5.41) is 11.0. The summed E-state index contributed by atoms with van der Waals surface area (Å²) in [6, 6.07) is 10.2. The Labute approximate surface area is 143 Å². The van der Waals surface area contributed by atoms with Crippen LogP contribution in [0.1, 0.15) is 19.4 Å². The minimum atomic E-state index is -0.164. The highest BCUT2D eigenvalue weighted by atomic mass is 32.2. The van der Waals surface area contributed by atoms with E-state index in [0.717, 1.165) is 20.9 Å². The van der Waals surface area contributed by atoms with Crippen LogP contribution in [0.4, 0.5) is 0 Å². The summed E-state index contributed by atoms with van der Waals surface area (Å²) in [6.45, 7) is 4.64. The minimum Gasteiger partial charge on any atom is -0.355 e. The Hall–Kier alpha value is -1.05. The molecule has 0 aliphatic heterocycles. The quantitative estimate of drug-likeness (QED) is 0.736. The highest BCUT2D eigenvalue weighted by Crippen LogP contribution is 2.30. The summed E-state index contributed by atoms with van der Waals surface area (Å²) >= 11 is 4.69. The fourth-order valence-corrected chi connectivity index (χ4v) is 4.84. The Morgan fingerprint density at radius 3 is 2.73 bits per heavy atom. The van der Waals surface area contributed by atoms with Gasteiger partial charge in [-0.2, -0.15) is 0 Å². The van der Waals surface area contributed by atoms with Crippen LogP contribution in [0.25, 0.3) is 0 Å². The van der Waals surface area contributed by atoms with Gasteiger partial charge in [0.25, 0.3) is 0 Å². The molecule has 0 saturated carbocycles. The van der Waals surface area contributed by atoms with Gasteiger partial charge in [0.1, 0.15) is 0 Å². The fourth-order valence-electron chi connectivity index (χ4n) is 1.75. The molecule has 1 aromatic carbocycles. The standard InChI is InChI=1S/C15H19N3OS3/c1-3-20-14-17-18-15(22-14)21-11(2)13(19)16-10-9-12-7-5-4-6-8-12/h4-8,11H,3,9-10H2,1-2H3,(H,16,19)/t11-/m1/s1. The summed E-state index contributed by atoms with van der Waals surface area (Å²) in [5.74, 6) is 1.02. The van der Waals surface area contributed by atoms with Gasteiger partial charge in [-0.05, 0) is 24.7 Å². The number of amides is 1. The van der Waals surface area contributed by atoms with E-state index in [-0.39, 0.29) is 11.2 Å². The van der Waals surface area contributed by atoms with E-state index in [2.05, 4.69) is 34.6 Å². The zero-order valence-corrected chi connectivity index (χ0v) is 15.1. The number of nitrogens with one attached hydrogen (secondary N) is 1. The summed E-state index contributed by atoms with van der Waals surface area (Å²) in [6.07, 6.45) is 0.847. The predicted molar refractivity (Wildman–Crippen MR) is 94.8 cm³/mol. The third kappa shape index (κ3) is 5.62. The number of hydrogen-bond donors (Lipinski definition) is 1. The third-order valence-electron chi connectivity index (χ3n) is 2.86. The van der Waals surface area contributed by atoms with Crippen molar-refractivity contribution in [1.82, 2.24) is 15.5 Å². The number of hydrogen-bond acceptors (Lipinski definition) is 6. The molecule has 0 bridgehead atoms. The summed E-state index contributed by atoms with van der Waals surface area (Å²) in [4.78, 5) is 12.1. The normalized spacial score (nSPS) is 12.1. The lowest BCUT2D eigenvalue weighted by Gasteiger charge is -2.10. The summed E-state index contributed by atoms with van der Waals surface area (Å²) < 4.78 is 1.81. The molecule has 2 rings (SSSR count). The average molecular weight is 354 g/mol. The molecular formula is C15H19N3OS3. The largest absolute Gasteiger partial charge is 0.355 e. The summed E-state index contributed by atoms with van der Waals surface area (Å²) in [5.41, 5.74) is 1.23. The minimum absolute atomic E-state index is 0.0424. The first-order valence-corrected chi connectivity index (χ1v) is 9.81. The lowest BCUT2D eigenvalue weighted by Crippen LogP contribution is -2.32. The van der Waals surface area contributed by atoms with Crippen molar-refractivity contribution >= 4 is 40.8 Å². The number of nitrogens with zero attached hydrogens (tertiary/aromatic N) is 2. The third-order valence-corrected chi connectivity index (χ3v) is 5.98. The van der Waals surface area contributed by atoms with Gasteiger partial charge >= 0.3 is 0 Å². The van der Waals surface area contributed by atoms with Crippen molar-refractivity contribution in [3.8, 4) is 0 Å². The number of aromatic nitrogens is 2. The summed E-state index contributed by atoms with van der Waals surface area (Å²) in [7, 11) is 0. The molecule has 1 heterocycles. The maximum atomic E-state index is 12.1. The van der Waals surface area contributed by atoms with Crippen LogP contribution >= 0.6 is 34.9 Å². The molecule has 0 aliphatic carbocycles. The van der Waals surface area contributed by atoms with Gasteiger partial charge in [0.15, 0.2) is 8.68 Å². The molecule has 0 unspecified atom stereocenters. The Kier molecular flexibility index (Phi) is 7.21. The van der Waals surface area contributed by atoms with Crippen LogP contribution in [0.2, 0.25) is 0 Å². The monoisotopic (exact) mass is 353 g/mol. The first-order valence-electron chi connectivity index (χ1n) is 7.13. The van der Waals surface area contributed by atoms with E-state index in [9.17, 15) is 4.79 Å². The molecule has 7 heteroatoms. The Morgan fingerprint density at radius 1 is 1.27 bits per heavy atom. The molecule has 1 amide bonds. The maximum Gasteiger partial charge on any atom is 0.233 e. The van der Waals surface area contributed by atoms with E-state index in [1.807, 2.05) is 25.1 Å². The van der Waals surface area contributed by atoms with Crippen molar-refractivity contribution in [3.63, 3.8) is 0 Å². The van der Waals surface area contributed by atoms with Gasteiger partial charge in [0.05, 0.1) is 5.25 Å². The Bertz CT molecular complexity index is 589. The van der Waals surface area contributed by atoms with Crippen molar-refractivity contribution in [2.24, 2.45) is 0 Å². The van der Waals surface area contributed by atoms with Crippen molar-refractivity contribution in [2.45, 2.75) is 34.2 Å². The molecule has 0 saturated heterocycles. The van der Waals surface area contributed by atoms with E-state index in [0.29, 0.717) is 6.54 Å². The number of carbonyl (C=O) groups is 1. The fraction of sp³-hybridized carbons (Fsp3) is 0.400. The topological polar surface area (TPSA) is 54.9 Å². The second kappa shape index (κ2) is 9.17. The molecule has 22 heavy (non-hydrogen) atoms. The van der Waals surface area contributed by atoms with Crippen molar-refractivity contribution in [2.75, 3.05) is 12.3 Å².